The molecule has 1 heterocycles. The average molecular weight is 281 g/mol. The zero-order valence-corrected chi connectivity index (χ0v) is 11.8. The molecule has 19 heavy (non-hydrogen) atoms. The number of benzene rings is 1. The lowest BCUT2D eigenvalue weighted by atomic mass is 9.99. The summed E-state index contributed by atoms with van der Waals surface area (Å²) in [5.41, 5.74) is 0.858. The highest BCUT2D eigenvalue weighted by Gasteiger charge is 2.30. The number of aliphatic hydroxyl groups is 1. The second kappa shape index (κ2) is 5.86. The molecule has 0 aromatic heterocycles. The van der Waals surface area contributed by atoms with Gasteiger partial charge in [-0.3, -0.25) is 0 Å². The monoisotopic (exact) mass is 281 g/mol. The maximum atomic E-state index is 12.2. The fourth-order valence-corrected chi connectivity index (χ4v) is 3.44. The Hall–Kier alpha value is -1.17. The van der Waals surface area contributed by atoms with Crippen molar-refractivity contribution in [2.45, 2.75) is 19.4 Å². The van der Waals surface area contributed by atoms with Crippen molar-refractivity contribution in [2.75, 3.05) is 13.1 Å². The van der Waals surface area contributed by atoms with Gasteiger partial charge in [0.15, 0.2) is 0 Å². The third-order valence-corrected chi connectivity index (χ3v) is 4.95. The predicted octanol–water partition coefficient (Wildman–Crippen LogP) is 1.69. The van der Waals surface area contributed by atoms with Crippen LogP contribution in [0.4, 0.5) is 0 Å². The molecular formula is C14H19NO3S. The van der Waals surface area contributed by atoms with Crippen LogP contribution in [0.3, 0.4) is 0 Å². The first-order valence-electron chi connectivity index (χ1n) is 6.40. The molecule has 1 aliphatic rings. The Morgan fingerprint density at radius 3 is 2.63 bits per heavy atom. The highest BCUT2D eigenvalue weighted by molar-refractivity contribution is 7.92. The van der Waals surface area contributed by atoms with Crippen molar-refractivity contribution in [1.82, 2.24) is 4.31 Å². The van der Waals surface area contributed by atoms with Gasteiger partial charge in [0, 0.05) is 18.5 Å². The van der Waals surface area contributed by atoms with E-state index in [0.717, 1.165) is 5.56 Å². The molecule has 1 aromatic carbocycles. The Balaban J connectivity index is 2.09. The van der Waals surface area contributed by atoms with E-state index < -0.39 is 16.1 Å². The highest BCUT2D eigenvalue weighted by atomic mass is 32.2. The maximum Gasteiger partial charge on any atom is 0.236 e. The van der Waals surface area contributed by atoms with Gasteiger partial charge in [0.2, 0.25) is 10.0 Å². The van der Waals surface area contributed by atoms with E-state index in [0.29, 0.717) is 19.5 Å². The summed E-state index contributed by atoms with van der Waals surface area (Å²) in [7, 11) is -3.40. The predicted molar refractivity (Wildman–Crippen MR) is 75.8 cm³/mol. The molecule has 0 spiro atoms. The zero-order chi connectivity index (χ0) is 13.9. The third kappa shape index (κ3) is 3.65. The number of sulfonamides is 1. The van der Waals surface area contributed by atoms with Crippen LogP contribution in [0.1, 0.15) is 18.9 Å². The zero-order valence-electron chi connectivity index (χ0n) is 10.9. The van der Waals surface area contributed by atoms with Gasteiger partial charge in [-0.1, -0.05) is 37.3 Å². The lowest BCUT2D eigenvalue weighted by Crippen LogP contribution is -2.44. The molecule has 0 amide bonds. The van der Waals surface area contributed by atoms with Gasteiger partial charge in [-0.2, -0.15) is 4.31 Å². The average Bonchev–Trinajstić information content (AvgIpc) is 2.41. The van der Waals surface area contributed by atoms with Crippen LogP contribution < -0.4 is 0 Å². The van der Waals surface area contributed by atoms with Crippen LogP contribution in [0.5, 0.6) is 0 Å². The topological polar surface area (TPSA) is 57.6 Å². The van der Waals surface area contributed by atoms with Crippen molar-refractivity contribution in [2.24, 2.45) is 5.92 Å². The van der Waals surface area contributed by atoms with Crippen LogP contribution in [-0.2, 0) is 10.0 Å². The number of hydrogen-bond acceptors (Lipinski definition) is 3. The number of aliphatic hydroxyl groups excluding tert-OH is 1. The number of hydrogen-bond donors (Lipinski definition) is 1. The van der Waals surface area contributed by atoms with Crippen molar-refractivity contribution < 1.29 is 13.5 Å². The SMILES string of the molecule is CC1CN(S(=O)(=O)/C=C/c2ccccc2)CCC1O. The van der Waals surface area contributed by atoms with Gasteiger partial charge < -0.3 is 5.11 Å². The van der Waals surface area contributed by atoms with Gasteiger partial charge in [0.05, 0.1) is 6.10 Å². The molecule has 2 atom stereocenters. The van der Waals surface area contributed by atoms with E-state index >= 15 is 0 Å². The Bertz CT molecular complexity index is 539. The highest BCUT2D eigenvalue weighted by Crippen LogP contribution is 2.20. The fraction of sp³-hybridized carbons (Fsp3) is 0.429. The minimum absolute atomic E-state index is 0.0198. The number of nitrogens with zero attached hydrogens (tertiary/aromatic N) is 1. The Morgan fingerprint density at radius 1 is 1.32 bits per heavy atom. The summed E-state index contributed by atoms with van der Waals surface area (Å²) in [6.07, 6.45) is 1.70. The lowest BCUT2D eigenvalue weighted by molar-refractivity contribution is 0.0632. The first-order chi connectivity index (χ1) is 8.99. The molecule has 104 valence electrons. The molecule has 0 bridgehead atoms. The molecule has 5 heteroatoms. The molecule has 1 N–H and O–H groups in total. The molecule has 2 unspecified atom stereocenters. The first-order valence-corrected chi connectivity index (χ1v) is 7.91. The van der Waals surface area contributed by atoms with Crippen molar-refractivity contribution in [3.63, 3.8) is 0 Å². The standard InChI is InChI=1S/C14H19NO3S/c1-12-11-15(9-7-14(12)16)19(17,18)10-8-13-5-3-2-4-6-13/h2-6,8,10,12,14,16H,7,9,11H2,1H3/b10-8+. The molecule has 0 aliphatic carbocycles. The molecule has 1 saturated heterocycles. The van der Waals surface area contributed by atoms with Crippen LogP contribution in [0.15, 0.2) is 35.7 Å². The summed E-state index contributed by atoms with van der Waals surface area (Å²) in [4.78, 5) is 0. The normalized spacial score (nSPS) is 25.8. The van der Waals surface area contributed by atoms with Gasteiger partial charge in [-0.25, -0.2) is 8.42 Å². The molecule has 1 aliphatic heterocycles. The van der Waals surface area contributed by atoms with Gasteiger partial charge in [0.25, 0.3) is 0 Å². The van der Waals surface area contributed by atoms with E-state index in [4.69, 9.17) is 0 Å². The van der Waals surface area contributed by atoms with E-state index in [1.165, 1.54) is 9.71 Å². The first kappa shape index (κ1) is 14.2. The fourth-order valence-electron chi connectivity index (χ4n) is 2.14. The van der Waals surface area contributed by atoms with Crippen molar-refractivity contribution >= 4 is 16.1 Å². The quantitative estimate of drug-likeness (QED) is 0.917. The molecule has 4 nitrogen and oxygen atoms in total. The van der Waals surface area contributed by atoms with E-state index in [-0.39, 0.29) is 5.92 Å². The van der Waals surface area contributed by atoms with Gasteiger partial charge in [0.1, 0.15) is 0 Å². The summed E-state index contributed by atoms with van der Waals surface area (Å²) >= 11 is 0. The molecular weight excluding hydrogens is 262 g/mol. The summed E-state index contributed by atoms with van der Waals surface area (Å²) < 4.78 is 25.8. The maximum absolute atomic E-state index is 12.2. The van der Waals surface area contributed by atoms with Gasteiger partial charge in [-0.05, 0) is 24.0 Å². The van der Waals surface area contributed by atoms with Crippen molar-refractivity contribution in [1.29, 1.82) is 0 Å². The number of rotatable bonds is 3. The van der Waals surface area contributed by atoms with Crippen LogP contribution in [0, 0.1) is 5.92 Å². The van der Waals surface area contributed by atoms with Crippen molar-refractivity contribution in [3.8, 4) is 0 Å². The minimum Gasteiger partial charge on any atom is -0.393 e. The third-order valence-electron chi connectivity index (χ3n) is 3.41. The van der Waals surface area contributed by atoms with E-state index in [1.807, 2.05) is 37.3 Å². The Labute approximate surface area is 114 Å². The van der Waals surface area contributed by atoms with Crippen LogP contribution in [0.25, 0.3) is 6.08 Å². The van der Waals surface area contributed by atoms with E-state index in [2.05, 4.69) is 0 Å². The second-order valence-corrected chi connectivity index (χ2v) is 6.77. The van der Waals surface area contributed by atoms with Gasteiger partial charge >= 0.3 is 0 Å². The molecule has 1 aromatic rings. The number of piperidine rings is 1. The van der Waals surface area contributed by atoms with Crippen LogP contribution in [-0.4, -0.2) is 37.0 Å². The van der Waals surface area contributed by atoms with Crippen LogP contribution in [0.2, 0.25) is 0 Å². The molecule has 0 saturated carbocycles. The summed E-state index contributed by atoms with van der Waals surface area (Å²) in [6, 6.07) is 9.33. The van der Waals surface area contributed by atoms with Crippen LogP contribution >= 0.6 is 0 Å². The largest absolute Gasteiger partial charge is 0.393 e. The summed E-state index contributed by atoms with van der Waals surface area (Å²) in [6.45, 7) is 2.63. The summed E-state index contributed by atoms with van der Waals surface area (Å²) in [5.74, 6) is -0.0198. The Morgan fingerprint density at radius 2 is 2.00 bits per heavy atom. The second-order valence-electron chi connectivity index (χ2n) is 4.95. The summed E-state index contributed by atoms with van der Waals surface area (Å²) in [5, 5.41) is 10.9. The lowest BCUT2D eigenvalue weighted by Gasteiger charge is -2.32. The van der Waals surface area contributed by atoms with Crippen molar-refractivity contribution in [3.05, 3.63) is 41.3 Å². The molecule has 0 radical (unpaired) electrons. The smallest absolute Gasteiger partial charge is 0.236 e. The molecule has 1 fully saturated rings. The molecule has 2 rings (SSSR count). The van der Waals surface area contributed by atoms with Gasteiger partial charge in [-0.15, -0.1) is 0 Å². The Kier molecular flexibility index (Phi) is 4.39. The van der Waals surface area contributed by atoms with E-state index in [9.17, 15) is 13.5 Å². The minimum atomic E-state index is -3.40. The van der Waals surface area contributed by atoms with E-state index in [1.54, 1.807) is 6.08 Å².